The molecule has 2 N–H and O–H groups in total. The van der Waals surface area contributed by atoms with Gasteiger partial charge in [-0.3, -0.25) is 15.0 Å². The van der Waals surface area contributed by atoms with Gasteiger partial charge in [0.2, 0.25) is 4.77 Å². The van der Waals surface area contributed by atoms with E-state index in [1.807, 2.05) is 0 Å². The lowest BCUT2D eigenvalue weighted by molar-refractivity contribution is -0.121. The third-order valence-corrected chi connectivity index (χ3v) is 0.833. The maximum Gasteiger partial charge on any atom is 0.319 e. The van der Waals surface area contributed by atoms with Crippen molar-refractivity contribution < 1.29 is 9.53 Å². The van der Waals surface area contributed by atoms with Gasteiger partial charge in [-0.05, 0) is 12.2 Å². The molecule has 0 aliphatic heterocycles. The first-order valence-electron chi connectivity index (χ1n) is 2.08. The summed E-state index contributed by atoms with van der Waals surface area (Å²) < 4.78 is 4.54. The minimum Gasteiger partial charge on any atom is -0.394 e. The highest BCUT2D eigenvalue weighted by molar-refractivity contribution is 7.71. The van der Waals surface area contributed by atoms with Gasteiger partial charge in [0.25, 0.3) is 0 Å². The zero-order valence-electron chi connectivity index (χ0n) is 4.25. The Morgan fingerprint density at radius 3 is 2.89 bits per heavy atom. The van der Waals surface area contributed by atoms with E-state index < -0.39 is 0 Å². The molecule has 1 aromatic heterocycles. The molecule has 9 heavy (non-hydrogen) atoms. The lowest BCUT2D eigenvalue weighted by Crippen LogP contribution is -1.89. The number of hydrogen-bond donors (Lipinski definition) is 2. The molecule has 48 valence electrons. The van der Waals surface area contributed by atoms with Crippen LogP contribution in [0.3, 0.4) is 0 Å². The van der Waals surface area contributed by atoms with E-state index in [-0.39, 0.29) is 17.3 Å². The van der Waals surface area contributed by atoms with Gasteiger partial charge in [-0.25, -0.2) is 0 Å². The molecule has 1 rings (SSSR count). The highest BCUT2D eigenvalue weighted by Crippen LogP contribution is 1.94. The SMILES string of the molecule is O=COc1nc(=S)[nH][nH]1. The number of nitrogens with one attached hydrogen (secondary N) is 2. The summed E-state index contributed by atoms with van der Waals surface area (Å²) in [5, 5.41) is 4.86. The summed E-state index contributed by atoms with van der Waals surface area (Å²) in [4.78, 5) is 13.2. The minimum absolute atomic E-state index is 0.0787. The molecule has 1 aromatic rings. The monoisotopic (exact) mass is 145 g/mol. The summed E-state index contributed by atoms with van der Waals surface area (Å²) in [6.07, 6.45) is 0. The van der Waals surface area contributed by atoms with E-state index in [0.717, 1.165) is 0 Å². The fourth-order valence-corrected chi connectivity index (χ4v) is 0.490. The quantitative estimate of drug-likeness (QED) is 0.454. The van der Waals surface area contributed by atoms with Gasteiger partial charge in [-0.2, -0.15) is 4.98 Å². The molecule has 0 saturated heterocycles. The second-order valence-corrected chi connectivity index (χ2v) is 1.57. The van der Waals surface area contributed by atoms with Crippen LogP contribution < -0.4 is 4.74 Å². The summed E-state index contributed by atoms with van der Waals surface area (Å²) in [5.41, 5.74) is 0. The third kappa shape index (κ3) is 1.36. The number of aromatic amines is 2. The molecule has 6 heteroatoms. The maximum absolute atomic E-state index is 9.65. The number of carbonyl (C=O) groups excluding carboxylic acids is 1. The molecule has 1 heterocycles. The van der Waals surface area contributed by atoms with Crippen molar-refractivity contribution in [2.24, 2.45) is 0 Å². The molecule has 0 spiro atoms. The molecule has 0 atom stereocenters. The van der Waals surface area contributed by atoms with Crippen molar-refractivity contribution in [1.29, 1.82) is 0 Å². The number of carbonyl (C=O) groups is 1. The third-order valence-electron chi connectivity index (χ3n) is 0.639. The highest BCUT2D eigenvalue weighted by atomic mass is 32.1. The summed E-state index contributed by atoms with van der Waals surface area (Å²) in [6.45, 7) is 0.265. The highest BCUT2D eigenvalue weighted by Gasteiger charge is 1.91. The van der Waals surface area contributed by atoms with E-state index in [1.54, 1.807) is 0 Å². The average Bonchev–Trinajstić information content (AvgIpc) is 2.17. The molecule has 5 nitrogen and oxygen atoms in total. The minimum atomic E-state index is 0.0787. The van der Waals surface area contributed by atoms with E-state index in [9.17, 15) is 4.79 Å². The van der Waals surface area contributed by atoms with Crippen LogP contribution in [0.4, 0.5) is 0 Å². The van der Waals surface area contributed by atoms with Gasteiger partial charge in [0, 0.05) is 0 Å². The zero-order valence-corrected chi connectivity index (χ0v) is 5.07. The normalized spacial score (nSPS) is 8.89. The summed E-state index contributed by atoms with van der Waals surface area (Å²) in [7, 11) is 0. The van der Waals surface area contributed by atoms with Gasteiger partial charge >= 0.3 is 12.5 Å². The van der Waals surface area contributed by atoms with Crippen LogP contribution in [0.15, 0.2) is 0 Å². The Labute approximate surface area is 55.0 Å². The predicted molar refractivity (Wildman–Crippen MR) is 30.5 cm³/mol. The number of nitrogens with zero attached hydrogens (tertiary/aromatic N) is 1. The molecule has 0 saturated carbocycles. The van der Waals surface area contributed by atoms with E-state index in [1.165, 1.54) is 0 Å². The van der Waals surface area contributed by atoms with Crippen LogP contribution in [0.5, 0.6) is 6.01 Å². The first kappa shape index (κ1) is 5.96. The van der Waals surface area contributed by atoms with Crippen molar-refractivity contribution in [3.05, 3.63) is 4.77 Å². The Balaban J connectivity index is 2.84. The second kappa shape index (κ2) is 2.40. The van der Waals surface area contributed by atoms with Crippen LogP contribution in [-0.2, 0) is 4.79 Å². The van der Waals surface area contributed by atoms with Crippen molar-refractivity contribution in [3.63, 3.8) is 0 Å². The van der Waals surface area contributed by atoms with Crippen LogP contribution >= 0.6 is 12.2 Å². The Kier molecular flexibility index (Phi) is 1.59. The number of H-pyrrole nitrogens is 2. The van der Waals surface area contributed by atoms with E-state index >= 15 is 0 Å². The molecular weight excluding hydrogens is 142 g/mol. The molecule has 0 amide bonds. The molecular formula is C3H3N3O2S. The zero-order chi connectivity index (χ0) is 6.69. The fourth-order valence-electron chi connectivity index (χ4n) is 0.356. The van der Waals surface area contributed by atoms with Crippen molar-refractivity contribution in [3.8, 4) is 6.01 Å². The Hall–Kier alpha value is -1.17. The molecule has 0 fully saturated rings. The van der Waals surface area contributed by atoms with Crippen LogP contribution in [-0.4, -0.2) is 21.7 Å². The molecule has 0 aliphatic carbocycles. The topological polar surface area (TPSA) is 70.8 Å². The Morgan fingerprint density at radius 2 is 2.44 bits per heavy atom. The second-order valence-electron chi connectivity index (χ2n) is 1.19. The summed E-state index contributed by atoms with van der Waals surface area (Å²) >= 11 is 4.55. The van der Waals surface area contributed by atoms with Gasteiger partial charge < -0.3 is 4.74 Å². The number of ether oxygens (including phenoxy) is 1. The predicted octanol–water partition coefficient (Wildman–Crippen LogP) is 0.00249. The van der Waals surface area contributed by atoms with Gasteiger partial charge in [0.15, 0.2) is 0 Å². The van der Waals surface area contributed by atoms with E-state index in [0.29, 0.717) is 0 Å². The average molecular weight is 145 g/mol. The van der Waals surface area contributed by atoms with Gasteiger partial charge in [-0.15, -0.1) is 0 Å². The Bertz CT molecular complexity index is 252. The first-order valence-corrected chi connectivity index (χ1v) is 2.49. The van der Waals surface area contributed by atoms with Crippen molar-refractivity contribution in [2.75, 3.05) is 0 Å². The summed E-state index contributed by atoms with van der Waals surface area (Å²) in [5.74, 6) is 0. The van der Waals surface area contributed by atoms with Crippen LogP contribution in [0.1, 0.15) is 0 Å². The Morgan fingerprint density at radius 1 is 1.67 bits per heavy atom. The van der Waals surface area contributed by atoms with Crippen LogP contribution in [0.2, 0.25) is 0 Å². The van der Waals surface area contributed by atoms with Gasteiger partial charge in [-0.1, -0.05) is 0 Å². The van der Waals surface area contributed by atoms with E-state index in [2.05, 4.69) is 32.1 Å². The molecule has 0 aromatic carbocycles. The van der Waals surface area contributed by atoms with E-state index in [4.69, 9.17) is 0 Å². The van der Waals surface area contributed by atoms with Crippen LogP contribution in [0, 0.1) is 4.77 Å². The number of rotatable bonds is 2. The molecule has 0 aliphatic rings. The smallest absolute Gasteiger partial charge is 0.319 e. The summed E-state index contributed by atoms with van der Waals surface area (Å²) in [6, 6.07) is 0.0787. The molecule has 0 radical (unpaired) electrons. The largest absolute Gasteiger partial charge is 0.394 e. The standard InChI is InChI=1S/C3H3N3O2S/c7-1-8-2-4-3(9)6-5-2/h1H,(H2,4,5,6,9). The van der Waals surface area contributed by atoms with Crippen LogP contribution in [0.25, 0.3) is 0 Å². The maximum atomic E-state index is 9.65. The first-order chi connectivity index (χ1) is 4.33. The number of aromatic nitrogens is 3. The lowest BCUT2D eigenvalue weighted by Gasteiger charge is -1.82. The van der Waals surface area contributed by atoms with Gasteiger partial charge in [0.1, 0.15) is 0 Å². The van der Waals surface area contributed by atoms with Crippen molar-refractivity contribution in [1.82, 2.24) is 15.2 Å². The van der Waals surface area contributed by atoms with Crippen molar-refractivity contribution >= 4 is 18.7 Å². The molecule has 0 unspecified atom stereocenters. The fraction of sp³-hybridized carbons (Fsp3) is 0. The van der Waals surface area contributed by atoms with Crippen molar-refractivity contribution in [2.45, 2.75) is 0 Å². The lowest BCUT2D eigenvalue weighted by atomic mass is 11.2. The molecule has 0 bridgehead atoms. The number of hydrogen-bond acceptors (Lipinski definition) is 4. The van der Waals surface area contributed by atoms with Gasteiger partial charge in [0.05, 0.1) is 0 Å².